The number of nitrogens with one attached hydrogen (secondary N) is 3. The molecule has 0 spiro atoms. The number of amides is 3. The van der Waals surface area contributed by atoms with Crippen molar-refractivity contribution in [2.45, 2.75) is 51.4 Å². The van der Waals surface area contributed by atoms with Crippen LogP contribution in [0.5, 0.6) is 0 Å². The van der Waals surface area contributed by atoms with Crippen LogP contribution in [0.4, 0.5) is 39.8 Å². The van der Waals surface area contributed by atoms with Crippen LogP contribution in [0.25, 0.3) is 22.0 Å². The van der Waals surface area contributed by atoms with Crippen LogP contribution in [-0.2, 0) is 18.0 Å². The zero-order valence-electron chi connectivity index (χ0n) is 24.8. The van der Waals surface area contributed by atoms with Crippen LogP contribution in [0.2, 0.25) is 0 Å². The molecule has 0 bridgehead atoms. The number of likely N-dealkylation sites (tertiary alicyclic amines) is 1. The van der Waals surface area contributed by atoms with Gasteiger partial charge in [-0.1, -0.05) is 12.1 Å². The molecule has 3 heterocycles. The van der Waals surface area contributed by atoms with Crippen LogP contribution in [0.15, 0.2) is 61.1 Å². The minimum absolute atomic E-state index is 0.00827. The number of fused-ring (bicyclic) bond motifs is 1. The number of aromatic nitrogens is 3. The van der Waals surface area contributed by atoms with E-state index in [-0.39, 0.29) is 17.4 Å². The molecule has 5 rings (SSSR count). The maximum atomic E-state index is 14.0. The smallest absolute Gasteiger partial charge is 0.418 e. The number of piperidine rings is 1. The second-order valence-electron chi connectivity index (χ2n) is 11.7. The maximum Gasteiger partial charge on any atom is 0.418 e. The van der Waals surface area contributed by atoms with E-state index in [0.29, 0.717) is 31.6 Å². The molecule has 1 aliphatic heterocycles. The lowest BCUT2D eigenvalue weighted by molar-refractivity contribution is -0.136. The van der Waals surface area contributed by atoms with Gasteiger partial charge in [0.2, 0.25) is 0 Å². The Morgan fingerprint density at radius 2 is 1.59 bits per heavy atom. The van der Waals surface area contributed by atoms with Gasteiger partial charge in [0, 0.05) is 60.4 Å². The van der Waals surface area contributed by atoms with Crippen molar-refractivity contribution < 1.29 is 27.5 Å². The van der Waals surface area contributed by atoms with Crippen LogP contribution in [0.3, 0.4) is 0 Å². The summed E-state index contributed by atoms with van der Waals surface area (Å²) in [7, 11) is 1.83. The van der Waals surface area contributed by atoms with Gasteiger partial charge in [0.05, 0.1) is 23.5 Å². The van der Waals surface area contributed by atoms with Crippen LogP contribution in [-0.4, -0.2) is 56.5 Å². The summed E-state index contributed by atoms with van der Waals surface area (Å²) in [6.07, 6.45) is 1.07. The number of carbonyl (C=O) groups is 2. The lowest BCUT2D eigenvalue weighted by Gasteiger charge is -2.34. The topological polar surface area (TPSA) is 113 Å². The summed E-state index contributed by atoms with van der Waals surface area (Å²) in [6, 6.07) is 9.72. The molecule has 0 saturated carbocycles. The van der Waals surface area contributed by atoms with Gasteiger partial charge in [-0.2, -0.15) is 18.3 Å². The highest BCUT2D eigenvalue weighted by atomic mass is 19.4. The number of ether oxygens (including phenoxy) is 1. The Kier molecular flexibility index (Phi) is 8.40. The Balaban J connectivity index is 1.21. The molecule has 1 aliphatic rings. The highest BCUT2D eigenvalue weighted by molar-refractivity contribution is 6.00. The number of aryl methyl sites for hydroxylation is 1. The van der Waals surface area contributed by atoms with Crippen molar-refractivity contribution in [3.63, 3.8) is 0 Å². The molecular formula is C31H34F3N7O3. The number of pyridine rings is 1. The minimum atomic E-state index is -4.66. The van der Waals surface area contributed by atoms with Gasteiger partial charge in [-0.05, 0) is 69.5 Å². The van der Waals surface area contributed by atoms with Gasteiger partial charge in [-0.25, -0.2) is 9.59 Å². The molecule has 0 aliphatic carbocycles. The predicted molar refractivity (Wildman–Crippen MR) is 162 cm³/mol. The first-order chi connectivity index (χ1) is 20.8. The number of rotatable bonds is 5. The van der Waals surface area contributed by atoms with E-state index >= 15 is 0 Å². The number of urea groups is 1. The van der Waals surface area contributed by atoms with Crippen LogP contribution in [0, 0.1) is 0 Å². The Morgan fingerprint density at radius 3 is 2.25 bits per heavy atom. The first-order valence-corrected chi connectivity index (χ1v) is 14.2. The van der Waals surface area contributed by atoms with Crippen molar-refractivity contribution in [1.82, 2.24) is 19.7 Å². The largest absolute Gasteiger partial charge is 0.444 e. The zero-order chi connectivity index (χ0) is 31.6. The fourth-order valence-electron chi connectivity index (χ4n) is 5.05. The van der Waals surface area contributed by atoms with Gasteiger partial charge in [0.15, 0.2) is 0 Å². The van der Waals surface area contributed by atoms with Crippen LogP contribution in [0.1, 0.15) is 39.2 Å². The number of carbonyl (C=O) groups excluding carboxylic acids is 2. The van der Waals surface area contributed by atoms with Gasteiger partial charge >= 0.3 is 18.3 Å². The van der Waals surface area contributed by atoms with Crippen molar-refractivity contribution in [2.75, 3.05) is 29.0 Å². The number of hydrogen-bond acceptors (Lipinski definition) is 6. The van der Waals surface area contributed by atoms with E-state index < -0.39 is 29.5 Å². The normalized spacial score (nSPS) is 14.4. The van der Waals surface area contributed by atoms with Crippen molar-refractivity contribution >= 4 is 40.1 Å². The summed E-state index contributed by atoms with van der Waals surface area (Å²) >= 11 is 0. The van der Waals surface area contributed by atoms with E-state index in [4.69, 9.17) is 4.74 Å². The van der Waals surface area contributed by atoms with Gasteiger partial charge in [-0.3, -0.25) is 9.67 Å². The lowest BCUT2D eigenvalue weighted by Crippen LogP contribution is -2.44. The van der Waals surface area contributed by atoms with E-state index in [9.17, 15) is 22.8 Å². The summed E-state index contributed by atoms with van der Waals surface area (Å²) < 4.78 is 49.2. The van der Waals surface area contributed by atoms with Crippen LogP contribution < -0.4 is 16.0 Å². The predicted octanol–water partition coefficient (Wildman–Crippen LogP) is 7.11. The number of benzene rings is 2. The molecule has 3 N–H and O–H groups in total. The number of hydrogen-bond donors (Lipinski definition) is 3. The number of nitrogens with zero attached hydrogens (tertiary/aromatic N) is 4. The third-order valence-electron chi connectivity index (χ3n) is 7.22. The number of alkyl halides is 3. The molecule has 44 heavy (non-hydrogen) atoms. The average molecular weight is 610 g/mol. The van der Waals surface area contributed by atoms with Gasteiger partial charge < -0.3 is 25.6 Å². The fraction of sp³-hybridized carbons (Fsp3) is 0.355. The summed E-state index contributed by atoms with van der Waals surface area (Å²) in [5.74, 6) is 0. The Labute approximate surface area is 252 Å². The second-order valence-corrected chi connectivity index (χ2v) is 11.7. The van der Waals surface area contributed by atoms with Crippen molar-refractivity contribution in [1.29, 1.82) is 0 Å². The molecule has 4 aromatic rings. The van der Waals surface area contributed by atoms with E-state index in [1.807, 2.05) is 19.2 Å². The first-order valence-electron chi connectivity index (χ1n) is 14.2. The standard InChI is InChI=1S/C31H34F3N7O3/c1-30(2,3)44-29(43)41-13-11-21(12-14-41)37-26-10-9-22(15-25(26)31(32,33)34)39-28(42)38-20-7-5-19(6-8-20)23-16-35-18-27-24(23)17-36-40(27)4/h5-10,15-18,21,37H,11-14H2,1-4H3,(H2,38,39,42). The third-order valence-corrected chi connectivity index (χ3v) is 7.22. The number of halogens is 3. The molecule has 0 unspecified atom stereocenters. The van der Waals surface area contributed by atoms with E-state index in [1.54, 1.807) is 61.1 Å². The molecule has 1 saturated heterocycles. The summed E-state index contributed by atoms with van der Waals surface area (Å²) in [4.78, 5) is 30.8. The number of anilines is 3. The summed E-state index contributed by atoms with van der Waals surface area (Å²) in [5, 5.41) is 13.3. The Bertz CT molecular complexity index is 1660. The van der Waals surface area contributed by atoms with Crippen LogP contribution >= 0.6 is 0 Å². The molecular weight excluding hydrogens is 575 g/mol. The molecule has 2 aromatic carbocycles. The molecule has 2 aromatic heterocycles. The lowest BCUT2D eigenvalue weighted by atomic mass is 10.0. The zero-order valence-corrected chi connectivity index (χ0v) is 24.8. The molecule has 0 atom stereocenters. The first kappa shape index (κ1) is 30.6. The maximum absolute atomic E-state index is 14.0. The molecule has 232 valence electrons. The van der Waals surface area contributed by atoms with Crippen molar-refractivity contribution in [3.8, 4) is 11.1 Å². The van der Waals surface area contributed by atoms with Gasteiger partial charge in [0.25, 0.3) is 0 Å². The minimum Gasteiger partial charge on any atom is -0.444 e. The molecule has 1 fully saturated rings. The fourth-order valence-corrected chi connectivity index (χ4v) is 5.05. The Morgan fingerprint density at radius 1 is 0.932 bits per heavy atom. The van der Waals surface area contributed by atoms with E-state index in [2.05, 4.69) is 26.0 Å². The molecule has 10 nitrogen and oxygen atoms in total. The highest BCUT2D eigenvalue weighted by Gasteiger charge is 2.35. The third kappa shape index (κ3) is 7.21. The monoisotopic (exact) mass is 609 g/mol. The highest BCUT2D eigenvalue weighted by Crippen LogP contribution is 2.37. The van der Waals surface area contributed by atoms with Gasteiger partial charge in [-0.15, -0.1) is 0 Å². The molecule has 3 amide bonds. The quantitative estimate of drug-likeness (QED) is 0.222. The van der Waals surface area contributed by atoms with Crippen molar-refractivity contribution in [2.24, 2.45) is 7.05 Å². The molecule has 0 radical (unpaired) electrons. The summed E-state index contributed by atoms with van der Waals surface area (Å²) in [5.41, 5.74) is 1.48. The second kappa shape index (κ2) is 12.1. The SMILES string of the molecule is Cn1ncc2c(-c3ccc(NC(=O)Nc4ccc(NC5CCN(C(=O)OC(C)(C)C)CC5)c(C(F)(F)F)c4)cc3)cncc21. The van der Waals surface area contributed by atoms with Gasteiger partial charge in [0.1, 0.15) is 5.60 Å². The summed E-state index contributed by atoms with van der Waals surface area (Å²) in [6.45, 7) is 6.07. The Hall–Kier alpha value is -4.81. The van der Waals surface area contributed by atoms with E-state index in [1.165, 1.54) is 12.1 Å². The molecule has 13 heteroatoms. The van der Waals surface area contributed by atoms with Crippen molar-refractivity contribution in [3.05, 3.63) is 66.6 Å². The van der Waals surface area contributed by atoms with E-state index in [0.717, 1.165) is 28.1 Å². The average Bonchev–Trinajstić information content (AvgIpc) is 3.34.